The standard InChI is InChI=1S/C20H30N4O2S/c1-13(2)24(18(25)17-12-27-20(3,4)19(26)21-17)11-15-10-16(23-22-15)14-8-6-5-7-9-14/h5-9,13,15-17,22-23H,10-12H2,1-4H3,(H,21,26). The van der Waals surface area contributed by atoms with E-state index in [4.69, 9.17) is 0 Å². The summed E-state index contributed by atoms with van der Waals surface area (Å²) in [7, 11) is 0. The largest absolute Gasteiger partial charge is 0.342 e. The van der Waals surface area contributed by atoms with E-state index in [1.807, 2.05) is 50.8 Å². The lowest BCUT2D eigenvalue weighted by molar-refractivity contribution is -0.138. The normalized spacial score (nSPS) is 27.4. The number of amides is 2. The SMILES string of the molecule is CC(C)N(CC1CC(c2ccccc2)NN1)C(=O)C1CSC(C)(C)C(=O)N1. The minimum atomic E-state index is -0.473. The Kier molecular flexibility index (Phi) is 6.13. The van der Waals surface area contributed by atoms with Gasteiger partial charge in [0, 0.05) is 30.4 Å². The van der Waals surface area contributed by atoms with Gasteiger partial charge in [0.15, 0.2) is 0 Å². The number of rotatable bonds is 5. The first-order chi connectivity index (χ1) is 12.8. The molecule has 1 aromatic rings. The van der Waals surface area contributed by atoms with Gasteiger partial charge in [-0.1, -0.05) is 30.3 Å². The van der Waals surface area contributed by atoms with Crippen LogP contribution in [0.2, 0.25) is 0 Å². The second-order valence-corrected chi connectivity index (χ2v) is 9.76. The van der Waals surface area contributed by atoms with Gasteiger partial charge < -0.3 is 10.2 Å². The Morgan fingerprint density at radius 2 is 1.96 bits per heavy atom. The lowest BCUT2D eigenvalue weighted by Crippen LogP contribution is -2.59. The van der Waals surface area contributed by atoms with Gasteiger partial charge >= 0.3 is 0 Å². The number of hydrazine groups is 1. The molecule has 0 spiro atoms. The van der Waals surface area contributed by atoms with Crippen LogP contribution in [-0.2, 0) is 9.59 Å². The molecule has 3 rings (SSSR count). The summed E-state index contributed by atoms with van der Waals surface area (Å²) in [4.78, 5) is 27.2. The fourth-order valence-electron chi connectivity index (χ4n) is 3.50. The molecule has 2 saturated heterocycles. The Hall–Kier alpha value is -1.57. The van der Waals surface area contributed by atoms with Crippen LogP contribution < -0.4 is 16.2 Å². The van der Waals surface area contributed by atoms with Crippen molar-refractivity contribution in [2.75, 3.05) is 12.3 Å². The first kappa shape index (κ1) is 20.2. The number of nitrogens with zero attached hydrogens (tertiary/aromatic N) is 1. The van der Waals surface area contributed by atoms with Crippen molar-refractivity contribution in [3.63, 3.8) is 0 Å². The minimum Gasteiger partial charge on any atom is -0.342 e. The summed E-state index contributed by atoms with van der Waals surface area (Å²) >= 11 is 1.55. The van der Waals surface area contributed by atoms with E-state index in [1.165, 1.54) is 5.56 Å². The van der Waals surface area contributed by atoms with Gasteiger partial charge in [-0.25, -0.2) is 5.43 Å². The summed E-state index contributed by atoms with van der Waals surface area (Å²) < 4.78 is -0.473. The molecule has 1 aromatic carbocycles. The molecule has 3 N–H and O–H groups in total. The summed E-state index contributed by atoms with van der Waals surface area (Å²) in [6.07, 6.45) is 0.916. The molecule has 2 aliphatic rings. The molecule has 7 heteroatoms. The van der Waals surface area contributed by atoms with Crippen molar-refractivity contribution in [3.8, 4) is 0 Å². The van der Waals surface area contributed by atoms with E-state index in [0.717, 1.165) is 6.42 Å². The second kappa shape index (κ2) is 8.20. The fraction of sp³-hybridized carbons (Fsp3) is 0.600. The molecule has 2 heterocycles. The van der Waals surface area contributed by atoms with E-state index in [0.29, 0.717) is 12.3 Å². The molecule has 2 aliphatic heterocycles. The summed E-state index contributed by atoms with van der Waals surface area (Å²) in [6, 6.07) is 10.4. The maximum Gasteiger partial charge on any atom is 0.246 e. The van der Waals surface area contributed by atoms with Gasteiger partial charge in [-0.15, -0.1) is 11.8 Å². The lowest BCUT2D eigenvalue weighted by Gasteiger charge is -2.37. The predicted molar refractivity (Wildman–Crippen MR) is 109 cm³/mol. The zero-order chi connectivity index (χ0) is 19.6. The van der Waals surface area contributed by atoms with E-state index in [2.05, 4.69) is 28.3 Å². The van der Waals surface area contributed by atoms with E-state index >= 15 is 0 Å². The number of hydrogen-bond donors (Lipinski definition) is 3. The number of thioether (sulfide) groups is 1. The van der Waals surface area contributed by atoms with Crippen molar-refractivity contribution in [1.29, 1.82) is 0 Å². The molecule has 0 radical (unpaired) electrons. The van der Waals surface area contributed by atoms with Gasteiger partial charge in [-0.05, 0) is 39.7 Å². The number of hydrogen-bond acceptors (Lipinski definition) is 5. The van der Waals surface area contributed by atoms with Crippen LogP contribution in [0, 0.1) is 0 Å². The molecule has 0 saturated carbocycles. The third-order valence-corrected chi connectivity index (χ3v) is 6.68. The van der Waals surface area contributed by atoms with Crippen LogP contribution in [0.3, 0.4) is 0 Å². The van der Waals surface area contributed by atoms with Crippen molar-refractivity contribution in [2.24, 2.45) is 0 Å². The highest BCUT2D eigenvalue weighted by Gasteiger charge is 2.40. The maximum absolute atomic E-state index is 13.1. The first-order valence-corrected chi connectivity index (χ1v) is 10.6. The maximum atomic E-state index is 13.1. The summed E-state index contributed by atoms with van der Waals surface area (Å²) in [5.74, 6) is 0.556. The van der Waals surface area contributed by atoms with E-state index in [-0.39, 0.29) is 29.9 Å². The van der Waals surface area contributed by atoms with Gasteiger partial charge in [-0.3, -0.25) is 15.0 Å². The molecule has 27 heavy (non-hydrogen) atoms. The van der Waals surface area contributed by atoms with Gasteiger partial charge in [0.25, 0.3) is 0 Å². The molecular formula is C20H30N4O2S. The quantitative estimate of drug-likeness (QED) is 0.716. The molecular weight excluding hydrogens is 360 g/mol. The zero-order valence-corrected chi connectivity index (χ0v) is 17.3. The molecule has 3 unspecified atom stereocenters. The number of carbonyl (C=O) groups excluding carboxylic acids is 2. The van der Waals surface area contributed by atoms with E-state index in [1.54, 1.807) is 11.8 Å². The topological polar surface area (TPSA) is 73.5 Å². The highest BCUT2D eigenvalue weighted by atomic mass is 32.2. The van der Waals surface area contributed by atoms with Crippen molar-refractivity contribution in [2.45, 2.75) is 63.0 Å². The Bertz CT molecular complexity index is 680. The average molecular weight is 391 g/mol. The van der Waals surface area contributed by atoms with Gasteiger partial charge in [-0.2, -0.15) is 0 Å². The Morgan fingerprint density at radius 1 is 1.26 bits per heavy atom. The van der Waals surface area contributed by atoms with Crippen LogP contribution in [0.5, 0.6) is 0 Å². The van der Waals surface area contributed by atoms with Crippen molar-refractivity contribution in [1.82, 2.24) is 21.1 Å². The summed E-state index contributed by atoms with van der Waals surface area (Å²) in [5, 5.41) is 2.91. The third-order valence-electron chi connectivity index (χ3n) is 5.27. The summed E-state index contributed by atoms with van der Waals surface area (Å²) in [6.45, 7) is 8.46. The molecule has 2 amide bonds. The predicted octanol–water partition coefficient (Wildman–Crippen LogP) is 1.84. The van der Waals surface area contributed by atoms with Crippen molar-refractivity contribution >= 4 is 23.6 Å². The fourth-order valence-corrected chi connectivity index (χ4v) is 4.50. The third kappa shape index (κ3) is 4.65. The van der Waals surface area contributed by atoms with Gasteiger partial charge in [0.05, 0.1) is 4.75 Å². The Balaban J connectivity index is 1.61. The highest BCUT2D eigenvalue weighted by molar-refractivity contribution is 8.01. The molecule has 2 fully saturated rings. The average Bonchev–Trinajstić information content (AvgIpc) is 3.11. The number of benzene rings is 1. The Labute approximate surface area is 165 Å². The van der Waals surface area contributed by atoms with E-state index < -0.39 is 10.8 Å². The van der Waals surface area contributed by atoms with Crippen LogP contribution in [-0.4, -0.2) is 51.9 Å². The monoisotopic (exact) mass is 390 g/mol. The Morgan fingerprint density at radius 3 is 2.59 bits per heavy atom. The van der Waals surface area contributed by atoms with Crippen molar-refractivity contribution in [3.05, 3.63) is 35.9 Å². The second-order valence-electron chi connectivity index (χ2n) is 8.12. The van der Waals surface area contributed by atoms with Gasteiger partial charge in [0.1, 0.15) is 6.04 Å². The van der Waals surface area contributed by atoms with Crippen LogP contribution in [0.4, 0.5) is 0 Å². The molecule has 0 bridgehead atoms. The number of nitrogens with one attached hydrogen (secondary N) is 3. The molecule has 148 valence electrons. The molecule has 0 aliphatic carbocycles. The lowest BCUT2D eigenvalue weighted by atomic mass is 10.0. The zero-order valence-electron chi connectivity index (χ0n) is 16.5. The van der Waals surface area contributed by atoms with E-state index in [9.17, 15) is 9.59 Å². The van der Waals surface area contributed by atoms with Gasteiger partial charge in [0.2, 0.25) is 11.8 Å². The molecule has 6 nitrogen and oxygen atoms in total. The van der Waals surface area contributed by atoms with Crippen molar-refractivity contribution < 1.29 is 9.59 Å². The van der Waals surface area contributed by atoms with Crippen LogP contribution in [0.15, 0.2) is 30.3 Å². The van der Waals surface area contributed by atoms with Crippen LogP contribution >= 0.6 is 11.8 Å². The number of carbonyl (C=O) groups is 2. The minimum absolute atomic E-state index is 0.00584. The smallest absolute Gasteiger partial charge is 0.246 e. The van der Waals surface area contributed by atoms with Crippen LogP contribution in [0.25, 0.3) is 0 Å². The summed E-state index contributed by atoms with van der Waals surface area (Å²) in [5.41, 5.74) is 7.92. The molecule has 0 aromatic heterocycles. The molecule has 3 atom stereocenters. The first-order valence-electron chi connectivity index (χ1n) is 9.59. The highest BCUT2D eigenvalue weighted by Crippen LogP contribution is 2.30. The van der Waals surface area contributed by atoms with Crippen LogP contribution in [0.1, 0.15) is 45.7 Å².